The SMILES string of the molecule is Cc1ccc(-c2nnc(SCCC3=CCC4CC3C4(C)C)s2)cc1. The Hall–Kier alpha value is -1.13. The summed E-state index contributed by atoms with van der Waals surface area (Å²) in [5, 5.41) is 9.75. The molecule has 0 aliphatic heterocycles. The van der Waals surface area contributed by atoms with Crippen LogP contribution in [-0.2, 0) is 0 Å². The van der Waals surface area contributed by atoms with Crippen LogP contribution in [0.15, 0.2) is 40.3 Å². The van der Waals surface area contributed by atoms with Crippen molar-refractivity contribution in [1.82, 2.24) is 10.2 Å². The number of benzene rings is 1. The molecule has 0 N–H and O–H groups in total. The van der Waals surface area contributed by atoms with Crippen molar-refractivity contribution in [2.45, 2.75) is 44.4 Å². The average molecular weight is 357 g/mol. The average Bonchev–Trinajstić information content (AvgIpc) is 3.04. The van der Waals surface area contributed by atoms with E-state index in [2.05, 4.69) is 61.3 Å². The van der Waals surface area contributed by atoms with Crippen LogP contribution < -0.4 is 0 Å². The maximum atomic E-state index is 4.37. The smallest absolute Gasteiger partial charge is 0.137 e. The van der Waals surface area contributed by atoms with Crippen LogP contribution in [-0.4, -0.2) is 16.0 Å². The van der Waals surface area contributed by atoms with Gasteiger partial charge < -0.3 is 0 Å². The fraction of sp³-hybridized carbons (Fsp3) is 0.500. The van der Waals surface area contributed by atoms with Crippen molar-refractivity contribution in [1.29, 1.82) is 0 Å². The molecule has 4 heteroatoms. The largest absolute Gasteiger partial charge is 0.174 e. The number of aryl methyl sites for hydroxylation is 1. The van der Waals surface area contributed by atoms with E-state index in [1.165, 1.54) is 30.4 Å². The van der Waals surface area contributed by atoms with Crippen LogP contribution in [0.1, 0.15) is 38.7 Å². The molecule has 1 aromatic carbocycles. The lowest BCUT2D eigenvalue weighted by Crippen LogP contribution is -2.48. The molecule has 0 radical (unpaired) electrons. The molecule has 1 saturated carbocycles. The summed E-state index contributed by atoms with van der Waals surface area (Å²) in [6.07, 6.45) is 6.42. The summed E-state index contributed by atoms with van der Waals surface area (Å²) in [6.45, 7) is 7.01. The van der Waals surface area contributed by atoms with Crippen molar-refractivity contribution in [2.24, 2.45) is 17.3 Å². The molecular weight excluding hydrogens is 332 g/mol. The molecule has 5 rings (SSSR count). The van der Waals surface area contributed by atoms with E-state index in [9.17, 15) is 0 Å². The minimum atomic E-state index is 0.538. The maximum absolute atomic E-state index is 4.37. The highest BCUT2D eigenvalue weighted by Crippen LogP contribution is 2.59. The number of nitrogens with zero attached hydrogens (tertiary/aromatic N) is 2. The van der Waals surface area contributed by atoms with Crippen molar-refractivity contribution in [3.8, 4) is 10.6 Å². The van der Waals surface area contributed by atoms with Gasteiger partial charge in [-0.15, -0.1) is 10.2 Å². The molecule has 126 valence electrons. The fourth-order valence-electron chi connectivity index (χ4n) is 4.09. The highest BCUT2D eigenvalue weighted by molar-refractivity contribution is 8.01. The van der Waals surface area contributed by atoms with Crippen molar-refractivity contribution >= 4 is 23.1 Å². The molecule has 24 heavy (non-hydrogen) atoms. The first-order valence-electron chi connectivity index (χ1n) is 8.76. The molecule has 3 aliphatic rings. The quantitative estimate of drug-likeness (QED) is 0.486. The Morgan fingerprint density at radius 2 is 2.00 bits per heavy atom. The van der Waals surface area contributed by atoms with Crippen LogP contribution in [0.5, 0.6) is 0 Å². The first-order chi connectivity index (χ1) is 11.5. The summed E-state index contributed by atoms with van der Waals surface area (Å²) in [5.41, 5.74) is 4.68. The molecular formula is C20H24N2S2. The number of rotatable bonds is 5. The predicted octanol–water partition coefficient (Wildman–Crippen LogP) is 5.99. The number of aromatic nitrogens is 2. The molecule has 0 saturated heterocycles. The molecule has 3 aliphatic carbocycles. The minimum Gasteiger partial charge on any atom is -0.137 e. The van der Waals surface area contributed by atoms with E-state index in [-0.39, 0.29) is 0 Å². The van der Waals surface area contributed by atoms with E-state index in [0.29, 0.717) is 5.41 Å². The van der Waals surface area contributed by atoms with Gasteiger partial charge in [-0.25, -0.2) is 0 Å². The highest BCUT2D eigenvalue weighted by Gasteiger charge is 2.50. The summed E-state index contributed by atoms with van der Waals surface area (Å²) in [5.74, 6) is 2.87. The Bertz CT molecular complexity index is 758. The first-order valence-corrected chi connectivity index (χ1v) is 10.6. The molecule has 1 fully saturated rings. The summed E-state index contributed by atoms with van der Waals surface area (Å²) in [4.78, 5) is 0. The Morgan fingerprint density at radius 3 is 2.71 bits per heavy atom. The predicted molar refractivity (Wildman–Crippen MR) is 104 cm³/mol. The number of hydrogen-bond donors (Lipinski definition) is 0. The fourth-order valence-corrected chi connectivity index (χ4v) is 6.01. The Balaban J connectivity index is 1.34. The Morgan fingerprint density at radius 1 is 1.21 bits per heavy atom. The zero-order valence-corrected chi connectivity index (χ0v) is 16.2. The lowest BCUT2D eigenvalue weighted by molar-refractivity contribution is -0.00767. The van der Waals surface area contributed by atoms with Crippen LogP contribution in [0.4, 0.5) is 0 Å². The van der Waals surface area contributed by atoms with Gasteiger partial charge in [-0.2, -0.15) is 0 Å². The topological polar surface area (TPSA) is 25.8 Å². The molecule has 0 spiro atoms. The van der Waals surface area contributed by atoms with Crippen LogP contribution in [0.25, 0.3) is 10.6 Å². The molecule has 2 aromatic rings. The molecule has 2 atom stereocenters. The summed E-state index contributed by atoms with van der Waals surface area (Å²) >= 11 is 3.57. The van der Waals surface area contributed by atoms with Crippen LogP contribution in [0, 0.1) is 24.2 Å². The second-order valence-corrected chi connectivity index (χ2v) is 9.98. The van der Waals surface area contributed by atoms with Crippen LogP contribution in [0.2, 0.25) is 0 Å². The van der Waals surface area contributed by atoms with Gasteiger partial charge >= 0.3 is 0 Å². The maximum Gasteiger partial charge on any atom is 0.174 e. The van der Waals surface area contributed by atoms with E-state index < -0.39 is 0 Å². The minimum absolute atomic E-state index is 0.538. The van der Waals surface area contributed by atoms with Crippen molar-refractivity contribution in [3.05, 3.63) is 41.5 Å². The third-order valence-corrected chi connectivity index (χ3v) is 8.01. The van der Waals surface area contributed by atoms with Gasteiger partial charge in [0.05, 0.1) is 0 Å². The van der Waals surface area contributed by atoms with Crippen molar-refractivity contribution in [3.63, 3.8) is 0 Å². The summed E-state index contributed by atoms with van der Waals surface area (Å²) < 4.78 is 1.09. The molecule has 0 amide bonds. The van der Waals surface area contributed by atoms with E-state index >= 15 is 0 Å². The van der Waals surface area contributed by atoms with Gasteiger partial charge in [-0.1, -0.05) is 78.4 Å². The standard InChI is InChI=1S/C20H24N2S2/c1-13-4-6-15(7-5-13)18-21-22-19(24-18)23-11-10-14-8-9-16-12-17(14)20(16,2)3/h4-8,16-17H,9-12H2,1-3H3. The van der Waals surface area contributed by atoms with Gasteiger partial charge in [-0.3, -0.25) is 0 Å². The van der Waals surface area contributed by atoms with Gasteiger partial charge in [0.1, 0.15) is 5.01 Å². The van der Waals surface area contributed by atoms with E-state index in [1.807, 2.05) is 11.8 Å². The van der Waals surface area contributed by atoms with Gasteiger partial charge in [-0.05, 0) is 43.4 Å². The van der Waals surface area contributed by atoms with E-state index in [4.69, 9.17) is 0 Å². The third-order valence-electron chi connectivity index (χ3n) is 5.90. The van der Waals surface area contributed by atoms with Crippen molar-refractivity contribution in [2.75, 3.05) is 5.75 Å². The lowest BCUT2D eigenvalue weighted by Gasteiger charge is -2.56. The van der Waals surface area contributed by atoms with Crippen LogP contribution in [0.3, 0.4) is 0 Å². The van der Waals surface area contributed by atoms with Gasteiger partial charge in [0.25, 0.3) is 0 Å². The van der Waals surface area contributed by atoms with Gasteiger partial charge in [0, 0.05) is 11.3 Å². The zero-order valence-electron chi connectivity index (χ0n) is 14.6. The zero-order chi connectivity index (χ0) is 16.7. The van der Waals surface area contributed by atoms with Gasteiger partial charge in [0.15, 0.2) is 4.34 Å². The normalized spacial score (nSPS) is 24.4. The number of hydrogen-bond acceptors (Lipinski definition) is 4. The molecule has 2 nitrogen and oxygen atoms in total. The number of thioether (sulfide) groups is 1. The summed E-state index contributed by atoms with van der Waals surface area (Å²) in [6, 6.07) is 8.53. The molecule has 2 unspecified atom stereocenters. The van der Waals surface area contributed by atoms with Crippen LogP contribution >= 0.6 is 23.1 Å². The monoisotopic (exact) mass is 356 g/mol. The van der Waals surface area contributed by atoms with Gasteiger partial charge in [0.2, 0.25) is 0 Å². The number of fused-ring (bicyclic) bond motifs is 1. The molecule has 2 bridgehead atoms. The highest BCUT2D eigenvalue weighted by atomic mass is 32.2. The second-order valence-electron chi connectivity index (χ2n) is 7.66. The second kappa shape index (κ2) is 6.30. The van der Waals surface area contributed by atoms with E-state index in [0.717, 1.165) is 26.9 Å². The summed E-state index contributed by atoms with van der Waals surface area (Å²) in [7, 11) is 0. The number of allylic oxidation sites excluding steroid dienone is 2. The van der Waals surface area contributed by atoms with E-state index in [1.54, 1.807) is 16.9 Å². The third kappa shape index (κ3) is 2.95. The molecule has 1 aromatic heterocycles. The van der Waals surface area contributed by atoms with Crippen molar-refractivity contribution < 1.29 is 0 Å². The molecule has 1 heterocycles. The Labute approximate surface area is 152 Å². The first kappa shape index (κ1) is 16.3. The lowest BCUT2D eigenvalue weighted by atomic mass is 9.48. The Kier molecular flexibility index (Phi) is 4.29.